The van der Waals surface area contributed by atoms with Gasteiger partial charge in [0, 0.05) is 37.4 Å². The van der Waals surface area contributed by atoms with Crippen LogP contribution in [0.2, 0.25) is 0 Å². The highest BCUT2D eigenvalue weighted by Crippen LogP contribution is 2.05. The van der Waals surface area contributed by atoms with E-state index < -0.39 is 0 Å². The number of carbonyl (C=O) groups excluding carboxylic acids is 1. The number of hydrogen-bond donors (Lipinski definition) is 0. The Morgan fingerprint density at radius 3 is 2.80 bits per heavy atom. The van der Waals surface area contributed by atoms with E-state index >= 15 is 0 Å². The second-order valence-electron chi connectivity index (χ2n) is 3.58. The molecule has 0 aromatic carbocycles. The van der Waals surface area contributed by atoms with Gasteiger partial charge in [0.15, 0.2) is 5.78 Å². The SMILES string of the molecule is CC(=O)c1ccn(Cc2nccn2C)c1. The summed E-state index contributed by atoms with van der Waals surface area (Å²) in [7, 11) is 1.96. The number of Topliss-reactive ketones (excluding diaryl/α,β-unsaturated/α-hetero) is 1. The average molecular weight is 203 g/mol. The predicted molar refractivity (Wildman–Crippen MR) is 56.7 cm³/mol. The van der Waals surface area contributed by atoms with Gasteiger partial charge in [-0.25, -0.2) is 4.98 Å². The maximum Gasteiger partial charge on any atom is 0.161 e. The highest BCUT2D eigenvalue weighted by atomic mass is 16.1. The van der Waals surface area contributed by atoms with Crippen LogP contribution in [-0.2, 0) is 13.6 Å². The molecule has 0 amide bonds. The second kappa shape index (κ2) is 3.73. The fraction of sp³-hybridized carbons (Fsp3) is 0.273. The summed E-state index contributed by atoms with van der Waals surface area (Å²) in [6.45, 7) is 2.26. The van der Waals surface area contributed by atoms with Gasteiger partial charge in [0.05, 0.1) is 6.54 Å². The number of hydrogen-bond acceptors (Lipinski definition) is 2. The minimum Gasteiger partial charge on any atom is -0.346 e. The first kappa shape index (κ1) is 9.71. The minimum atomic E-state index is 0.0913. The van der Waals surface area contributed by atoms with Crippen LogP contribution in [0.3, 0.4) is 0 Å². The Morgan fingerprint density at radius 2 is 2.27 bits per heavy atom. The summed E-state index contributed by atoms with van der Waals surface area (Å²) in [5.74, 6) is 1.06. The van der Waals surface area contributed by atoms with Gasteiger partial charge in [-0.3, -0.25) is 4.79 Å². The molecule has 0 unspecified atom stereocenters. The summed E-state index contributed by atoms with van der Waals surface area (Å²) in [5.41, 5.74) is 0.740. The molecule has 0 radical (unpaired) electrons. The van der Waals surface area contributed by atoms with E-state index in [4.69, 9.17) is 0 Å². The lowest BCUT2D eigenvalue weighted by molar-refractivity contribution is 0.101. The van der Waals surface area contributed by atoms with E-state index in [0.717, 1.165) is 11.4 Å². The molecule has 0 aliphatic heterocycles. The lowest BCUT2D eigenvalue weighted by atomic mass is 10.2. The molecule has 4 nitrogen and oxygen atoms in total. The van der Waals surface area contributed by atoms with Crippen molar-refractivity contribution in [1.29, 1.82) is 0 Å². The maximum atomic E-state index is 11.1. The largest absolute Gasteiger partial charge is 0.346 e. The van der Waals surface area contributed by atoms with Crippen molar-refractivity contribution in [3.05, 3.63) is 42.2 Å². The Kier molecular flexibility index (Phi) is 2.41. The van der Waals surface area contributed by atoms with E-state index in [1.807, 2.05) is 40.8 Å². The maximum absolute atomic E-state index is 11.1. The van der Waals surface area contributed by atoms with Gasteiger partial charge in [-0.2, -0.15) is 0 Å². The van der Waals surface area contributed by atoms with Crippen LogP contribution in [0.5, 0.6) is 0 Å². The Labute approximate surface area is 88.2 Å². The molecule has 0 fully saturated rings. The molecule has 4 heteroatoms. The van der Waals surface area contributed by atoms with Gasteiger partial charge >= 0.3 is 0 Å². The zero-order chi connectivity index (χ0) is 10.8. The van der Waals surface area contributed by atoms with Crippen molar-refractivity contribution < 1.29 is 4.79 Å². The molecule has 0 aliphatic rings. The average Bonchev–Trinajstić information content (AvgIpc) is 2.77. The Hall–Kier alpha value is -1.84. The number of carbonyl (C=O) groups is 1. The zero-order valence-electron chi connectivity index (χ0n) is 8.84. The molecule has 0 saturated heterocycles. The van der Waals surface area contributed by atoms with Crippen LogP contribution >= 0.6 is 0 Å². The molecule has 78 valence electrons. The standard InChI is InChI=1S/C11H13N3O/c1-9(15)10-3-5-14(7-10)8-11-12-4-6-13(11)2/h3-7H,8H2,1-2H3. The van der Waals surface area contributed by atoms with Gasteiger partial charge < -0.3 is 9.13 Å². The fourth-order valence-corrected chi connectivity index (χ4v) is 1.46. The Morgan fingerprint density at radius 1 is 1.47 bits per heavy atom. The summed E-state index contributed by atoms with van der Waals surface area (Å²) in [5, 5.41) is 0. The topological polar surface area (TPSA) is 39.8 Å². The Bertz CT molecular complexity index is 481. The molecule has 15 heavy (non-hydrogen) atoms. The smallest absolute Gasteiger partial charge is 0.161 e. The van der Waals surface area contributed by atoms with E-state index in [9.17, 15) is 4.79 Å². The van der Waals surface area contributed by atoms with Crippen LogP contribution in [0.25, 0.3) is 0 Å². The van der Waals surface area contributed by atoms with Crippen LogP contribution in [0.15, 0.2) is 30.9 Å². The predicted octanol–water partition coefficient (Wildman–Crippen LogP) is 1.47. The van der Waals surface area contributed by atoms with Gasteiger partial charge in [-0.1, -0.05) is 0 Å². The molecular formula is C11H13N3O. The van der Waals surface area contributed by atoms with Gasteiger partial charge in [0.2, 0.25) is 0 Å². The minimum absolute atomic E-state index is 0.0913. The lowest BCUT2D eigenvalue weighted by Crippen LogP contribution is -2.03. The molecule has 0 saturated carbocycles. The van der Waals surface area contributed by atoms with Crippen LogP contribution in [-0.4, -0.2) is 19.9 Å². The van der Waals surface area contributed by atoms with Gasteiger partial charge in [-0.05, 0) is 13.0 Å². The first-order valence-corrected chi connectivity index (χ1v) is 4.80. The third-order valence-corrected chi connectivity index (χ3v) is 2.40. The lowest BCUT2D eigenvalue weighted by Gasteiger charge is -2.02. The highest BCUT2D eigenvalue weighted by molar-refractivity contribution is 5.93. The number of imidazole rings is 1. The molecule has 0 spiro atoms. The number of aryl methyl sites for hydroxylation is 1. The van der Waals surface area contributed by atoms with E-state index in [2.05, 4.69) is 4.98 Å². The van der Waals surface area contributed by atoms with Crippen molar-refractivity contribution in [1.82, 2.24) is 14.1 Å². The molecule has 2 aromatic heterocycles. The van der Waals surface area contributed by atoms with E-state index in [1.165, 1.54) is 0 Å². The number of aromatic nitrogens is 3. The molecule has 2 aromatic rings. The van der Waals surface area contributed by atoms with Crippen LogP contribution in [0.4, 0.5) is 0 Å². The summed E-state index contributed by atoms with van der Waals surface area (Å²) >= 11 is 0. The van der Waals surface area contributed by atoms with Crippen LogP contribution in [0, 0.1) is 0 Å². The van der Waals surface area contributed by atoms with Crippen molar-refractivity contribution in [2.45, 2.75) is 13.5 Å². The second-order valence-corrected chi connectivity index (χ2v) is 3.58. The van der Waals surface area contributed by atoms with Crippen LogP contribution in [0.1, 0.15) is 23.1 Å². The van der Waals surface area contributed by atoms with E-state index in [-0.39, 0.29) is 5.78 Å². The highest BCUT2D eigenvalue weighted by Gasteiger charge is 2.04. The number of ketones is 1. The fourth-order valence-electron chi connectivity index (χ4n) is 1.46. The van der Waals surface area contributed by atoms with Gasteiger partial charge in [-0.15, -0.1) is 0 Å². The number of rotatable bonds is 3. The van der Waals surface area contributed by atoms with Crippen molar-refractivity contribution in [2.24, 2.45) is 7.05 Å². The van der Waals surface area contributed by atoms with E-state index in [1.54, 1.807) is 13.1 Å². The molecule has 0 atom stereocenters. The normalized spacial score (nSPS) is 10.5. The third-order valence-electron chi connectivity index (χ3n) is 2.40. The first-order valence-electron chi connectivity index (χ1n) is 4.80. The summed E-state index contributed by atoms with van der Waals surface area (Å²) < 4.78 is 3.92. The zero-order valence-corrected chi connectivity index (χ0v) is 8.84. The summed E-state index contributed by atoms with van der Waals surface area (Å²) in [4.78, 5) is 15.3. The molecule has 2 heterocycles. The molecule has 2 rings (SSSR count). The third kappa shape index (κ3) is 1.98. The van der Waals surface area contributed by atoms with Gasteiger partial charge in [0.1, 0.15) is 5.82 Å². The van der Waals surface area contributed by atoms with Gasteiger partial charge in [0.25, 0.3) is 0 Å². The summed E-state index contributed by atoms with van der Waals surface area (Å²) in [6.07, 6.45) is 7.41. The van der Waals surface area contributed by atoms with Crippen molar-refractivity contribution >= 4 is 5.78 Å². The van der Waals surface area contributed by atoms with Crippen LogP contribution < -0.4 is 0 Å². The van der Waals surface area contributed by atoms with Crippen molar-refractivity contribution in [3.63, 3.8) is 0 Å². The first-order chi connectivity index (χ1) is 7.16. The quantitative estimate of drug-likeness (QED) is 0.709. The molecule has 0 bridgehead atoms. The molecule has 0 N–H and O–H groups in total. The van der Waals surface area contributed by atoms with Crippen molar-refractivity contribution in [3.8, 4) is 0 Å². The molecule has 0 aliphatic carbocycles. The molecular weight excluding hydrogens is 190 g/mol. The summed E-state index contributed by atoms with van der Waals surface area (Å²) in [6, 6.07) is 1.82. The van der Waals surface area contributed by atoms with Crippen molar-refractivity contribution in [2.75, 3.05) is 0 Å². The number of nitrogens with zero attached hydrogens (tertiary/aromatic N) is 3. The Balaban J connectivity index is 2.18. The van der Waals surface area contributed by atoms with E-state index in [0.29, 0.717) is 6.54 Å². The monoisotopic (exact) mass is 203 g/mol.